The molecule has 2 aromatic rings. The Morgan fingerprint density at radius 2 is 1.71 bits per heavy atom. The van der Waals surface area contributed by atoms with Crippen LogP contribution in [-0.2, 0) is 6.54 Å². The summed E-state index contributed by atoms with van der Waals surface area (Å²) in [5.41, 5.74) is 1.86. The van der Waals surface area contributed by atoms with Crippen molar-refractivity contribution in [3.8, 4) is 0 Å². The van der Waals surface area contributed by atoms with Gasteiger partial charge in [-0.15, -0.1) is 0 Å². The first kappa shape index (κ1) is 14.9. The number of nitrogens with one attached hydrogen (secondary N) is 1. The van der Waals surface area contributed by atoms with Gasteiger partial charge in [-0.25, -0.2) is 8.78 Å². The maximum atomic E-state index is 13.5. The van der Waals surface area contributed by atoms with Crippen molar-refractivity contribution in [3.05, 3.63) is 68.8 Å². The fourth-order valence-electron chi connectivity index (χ4n) is 2.12. The van der Waals surface area contributed by atoms with E-state index in [0.29, 0.717) is 23.4 Å². The van der Waals surface area contributed by atoms with Crippen LogP contribution < -0.4 is 5.32 Å². The molecule has 0 unspecified atom stereocenters. The van der Waals surface area contributed by atoms with Crippen LogP contribution in [0.3, 0.4) is 0 Å². The lowest BCUT2D eigenvalue weighted by atomic mass is 10.1. The van der Waals surface area contributed by atoms with Crippen LogP contribution in [0.1, 0.15) is 16.7 Å². The van der Waals surface area contributed by atoms with Crippen molar-refractivity contribution < 1.29 is 13.7 Å². The van der Waals surface area contributed by atoms with E-state index in [1.54, 1.807) is 26.0 Å². The molecule has 0 aliphatic rings. The van der Waals surface area contributed by atoms with Gasteiger partial charge < -0.3 is 5.32 Å². The zero-order valence-corrected chi connectivity index (χ0v) is 11.6. The minimum atomic E-state index is -0.682. The zero-order valence-electron chi connectivity index (χ0n) is 11.6. The molecule has 0 aliphatic carbocycles. The van der Waals surface area contributed by atoms with Gasteiger partial charge in [0.1, 0.15) is 11.6 Å². The molecular formula is C15H14F2N2O2. The van der Waals surface area contributed by atoms with E-state index in [4.69, 9.17) is 0 Å². The molecule has 110 valence electrons. The van der Waals surface area contributed by atoms with Gasteiger partial charge in [-0.2, -0.15) is 0 Å². The summed E-state index contributed by atoms with van der Waals surface area (Å²) in [4.78, 5) is 10.0. The molecule has 0 aliphatic heterocycles. The third kappa shape index (κ3) is 3.53. The number of nitro groups is 1. The normalized spacial score (nSPS) is 10.5. The monoisotopic (exact) mass is 292 g/mol. The maximum absolute atomic E-state index is 13.5. The zero-order chi connectivity index (χ0) is 15.6. The van der Waals surface area contributed by atoms with Crippen LogP contribution in [0.2, 0.25) is 0 Å². The average molecular weight is 292 g/mol. The molecule has 6 heteroatoms. The van der Waals surface area contributed by atoms with Gasteiger partial charge in [-0.1, -0.05) is 12.1 Å². The van der Waals surface area contributed by atoms with Gasteiger partial charge in [-0.3, -0.25) is 10.1 Å². The molecule has 2 aromatic carbocycles. The standard InChI is InChI=1S/C15H14F2N2O2/c1-9-3-11(4-10(2)15(9)17)8-18-13-5-12(16)6-14(7-13)19(20)21/h3-7,18H,8H2,1-2H3. The Labute approximate surface area is 120 Å². The summed E-state index contributed by atoms with van der Waals surface area (Å²) in [6, 6.07) is 6.66. The SMILES string of the molecule is Cc1cc(CNc2cc(F)cc([N+](=O)[O-])c2)cc(C)c1F. The second kappa shape index (κ2) is 5.87. The van der Waals surface area contributed by atoms with Gasteiger partial charge in [0.05, 0.1) is 11.0 Å². The topological polar surface area (TPSA) is 55.2 Å². The molecule has 0 amide bonds. The number of benzene rings is 2. The summed E-state index contributed by atoms with van der Waals surface area (Å²) in [6.07, 6.45) is 0. The molecule has 0 radical (unpaired) electrons. The summed E-state index contributed by atoms with van der Waals surface area (Å²) in [5, 5.41) is 13.6. The summed E-state index contributed by atoms with van der Waals surface area (Å²) in [6.45, 7) is 3.65. The number of anilines is 1. The van der Waals surface area contributed by atoms with Gasteiger partial charge in [0, 0.05) is 18.3 Å². The Balaban J connectivity index is 2.18. The lowest BCUT2D eigenvalue weighted by Gasteiger charge is -2.09. The van der Waals surface area contributed by atoms with Crippen molar-refractivity contribution in [2.75, 3.05) is 5.32 Å². The highest BCUT2D eigenvalue weighted by Gasteiger charge is 2.10. The van der Waals surface area contributed by atoms with Crippen molar-refractivity contribution in [1.82, 2.24) is 0 Å². The number of hydrogen-bond donors (Lipinski definition) is 1. The Kier molecular flexibility index (Phi) is 4.16. The largest absolute Gasteiger partial charge is 0.381 e. The minimum absolute atomic E-state index is 0.250. The van der Waals surface area contributed by atoms with E-state index < -0.39 is 10.7 Å². The van der Waals surface area contributed by atoms with Gasteiger partial charge in [0.25, 0.3) is 5.69 Å². The number of aryl methyl sites for hydroxylation is 2. The van der Waals surface area contributed by atoms with Gasteiger partial charge in [0.2, 0.25) is 0 Å². The lowest BCUT2D eigenvalue weighted by Crippen LogP contribution is -2.02. The molecule has 2 rings (SSSR count). The molecule has 0 spiro atoms. The van der Waals surface area contributed by atoms with E-state index in [0.717, 1.165) is 11.6 Å². The first-order valence-electron chi connectivity index (χ1n) is 6.31. The number of hydrogen-bond acceptors (Lipinski definition) is 3. The fourth-order valence-corrected chi connectivity index (χ4v) is 2.12. The number of rotatable bonds is 4. The van der Waals surface area contributed by atoms with Crippen LogP contribution in [0.4, 0.5) is 20.2 Å². The Hall–Kier alpha value is -2.50. The Morgan fingerprint density at radius 1 is 1.10 bits per heavy atom. The average Bonchev–Trinajstić information content (AvgIpc) is 2.41. The van der Waals surface area contributed by atoms with Gasteiger partial charge in [0.15, 0.2) is 0 Å². The second-order valence-electron chi connectivity index (χ2n) is 4.85. The van der Waals surface area contributed by atoms with Crippen LogP contribution in [-0.4, -0.2) is 4.92 Å². The summed E-state index contributed by atoms with van der Waals surface area (Å²) < 4.78 is 26.8. The smallest absolute Gasteiger partial charge is 0.274 e. The number of halogens is 2. The third-order valence-electron chi connectivity index (χ3n) is 3.09. The summed E-state index contributed by atoms with van der Waals surface area (Å²) in [5.74, 6) is -0.932. The summed E-state index contributed by atoms with van der Waals surface area (Å²) >= 11 is 0. The van der Waals surface area contributed by atoms with Crippen LogP contribution >= 0.6 is 0 Å². The molecule has 0 aromatic heterocycles. The van der Waals surface area contributed by atoms with Crippen molar-refractivity contribution in [2.45, 2.75) is 20.4 Å². The van der Waals surface area contributed by atoms with E-state index in [9.17, 15) is 18.9 Å². The predicted octanol–water partition coefficient (Wildman–Crippen LogP) is 4.10. The lowest BCUT2D eigenvalue weighted by molar-refractivity contribution is -0.385. The van der Waals surface area contributed by atoms with E-state index in [1.165, 1.54) is 12.1 Å². The molecule has 0 heterocycles. The molecule has 0 atom stereocenters. The van der Waals surface area contributed by atoms with Gasteiger partial charge >= 0.3 is 0 Å². The second-order valence-corrected chi connectivity index (χ2v) is 4.85. The quantitative estimate of drug-likeness (QED) is 0.681. The molecule has 4 nitrogen and oxygen atoms in total. The Bertz CT molecular complexity index is 679. The molecule has 0 fully saturated rings. The highest BCUT2D eigenvalue weighted by atomic mass is 19.1. The van der Waals surface area contributed by atoms with Crippen molar-refractivity contribution >= 4 is 11.4 Å². The first-order valence-corrected chi connectivity index (χ1v) is 6.31. The van der Waals surface area contributed by atoms with Crippen molar-refractivity contribution in [1.29, 1.82) is 0 Å². The van der Waals surface area contributed by atoms with Crippen LogP contribution in [0, 0.1) is 35.6 Å². The highest BCUT2D eigenvalue weighted by Crippen LogP contribution is 2.21. The third-order valence-corrected chi connectivity index (χ3v) is 3.09. The molecule has 0 saturated carbocycles. The number of nitro benzene ring substituents is 1. The first-order chi connectivity index (χ1) is 9.86. The number of nitrogens with zero attached hydrogens (tertiary/aromatic N) is 1. The molecule has 21 heavy (non-hydrogen) atoms. The van der Waals surface area contributed by atoms with Crippen LogP contribution in [0.25, 0.3) is 0 Å². The molecular weight excluding hydrogens is 278 g/mol. The maximum Gasteiger partial charge on any atom is 0.274 e. The van der Waals surface area contributed by atoms with Crippen LogP contribution in [0.5, 0.6) is 0 Å². The molecule has 0 saturated heterocycles. The van der Waals surface area contributed by atoms with Gasteiger partial charge in [-0.05, 0) is 36.6 Å². The van der Waals surface area contributed by atoms with E-state index in [1.807, 2.05) is 0 Å². The van der Waals surface area contributed by atoms with E-state index in [-0.39, 0.29) is 11.5 Å². The number of non-ortho nitro benzene ring substituents is 1. The molecule has 0 bridgehead atoms. The van der Waals surface area contributed by atoms with E-state index in [2.05, 4.69) is 5.32 Å². The summed E-state index contributed by atoms with van der Waals surface area (Å²) in [7, 11) is 0. The fraction of sp³-hybridized carbons (Fsp3) is 0.200. The Morgan fingerprint density at radius 3 is 2.29 bits per heavy atom. The molecule has 1 N–H and O–H groups in total. The highest BCUT2D eigenvalue weighted by molar-refractivity contribution is 5.52. The minimum Gasteiger partial charge on any atom is -0.381 e. The van der Waals surface area contributed by atoms with Crippen molar-refractivity contribution in [2.24, 2.45) is 0 Å². The van der Waals surface area contributed by atoms with Crippen LogP contribution in [0.15, 0.2) is 30.3 Å². The predicted molar refractivity (Wildman–Crippen MR) is 76.3 cm³/mol. The van der Waals surface area contributed by atoms with E-state index >= 15 is 0 Å². The van der Waals surface area contributed by atoms with Crippen molar-refractivity contribution in [3.63, 3.8) is 0 Å².